The highest BCUT2D eigenvalue weighted by Gasteiger charge is 2.29. The van der Waals surface area contributed by atoms with Gasteiger partial charge in [0.05, 0.1) is 6.61 Å². The molecule has 114 valence electrons. The molecule has 0 aromatic carbocycles. The molecule has 0 radical (unpaired) electrons. The average molecular weight is 270 g/mol. The van der Waals surface area contributed by atoms with E-state index >= 15 is 0 Å². The van der Waals surface area contributed by atoms with Crippen LogP contribution < -0.4 is 5.32 Å². The lowest BCUT2D eigenvalue weighted by Gasteiger charge is -2.36. The van der Waals surface area contributed by atoms with Crippen LogP contribution >= 0.6 is 0 Å². The van der Waals surface area contributed by atoms with Crippen molar-refractivity contribution in [2.24, 2.45) is 11.3 Å². The van der Waals surface area contributed by atoms with E-state index in [-0.39, 0.29) is 0 Å². The van der Waals surface area contributed by atoms with Crippen molar-refractivity contribution in [3.8, 4) is 0 Å². The molecule has 1 aliphatic rings. The molecular weight excluding hydrogens is 236 g/mol. The van der Waals surface area contributed by atoms with E-state index in [9.17, 15) is 0 Å². The van der Waals surface area contributed by atoms with Crippen molar-refractivity contribution in [2.45, 2.75) is 53.0 Å². The van der Waals surface area contributed by atoms with E-state index in [1.54, 1.807) is 0 Å². The molecule has 19 heavy (non-hydrogen) atoms. The van der Waals surface area contributed by atoms with E-state index in [1.807, 2.05) is 0 Å². The lowest BCUT2D eigenvalue weighted by atomic mass is 9.84. The van der Waals surface area contributed by atoms with Gasteiger partial charge in [-0.3, -0.25) is 0 Å². The molecule has 0 spiro atoms. The smallest absolute Gasteiger partial charge is 0.0622 e. The van der Waals surface area contributed by atoms with Crippen LogP contribution in [0.4, 0.5) is 0 Å². The summed E-state index contributed by atoms with van der Waals surface area (Å²) in [5, 5.41) is 3.65. The second kappa shape index (κ2) is 8.23. The lowest BCUT2D eigenvalue weighted by Crippen LogP contribution is -2.45. The van der Waals surface area contributed by atoms with E-state index < -0.39 is 0 Å². The van der Waals surface area contributed by atoms with Gasteiger partial charge in [-0.15, -0.1) is 0 Å². The first kappa shape index (κ1) is 16.9. The summed E-state index contributed by atoms with van der Waals surface area (Å²) in [6, 6.07) is 0.626. The topological polar surface area (TPSA) is 24.5 Å². The highest BCUT2D eigenvalue weighted by Crippen LogP contribution is 2.25. The number of rotatable bonds is 9. The second-order valence-electron chi connectivity index (χ2n) is 7.02. The van der Waals surface area contributed by atoms with Gasteiger partial charge < -0.3 is 15.0 Å². The molecule has 0 aliphatic carbocycles. The maximum Gasteiger partial charge on any atom is 0.0622 e. The van der Waals surface area contributed by atoms with Gasteiger partial charge in [0, 0.05) is 25.7 Å². The van der Waals surface area contributed by atoms with E-state index in [1.165, 1.54) is 25.8 Å². The van der Waals surface area contributed by atoms with Crippen molar-refractivity contribution in [3.05, 3.63) is 0 Å². The molecule has 1 rings (SSSR count). The number of hydrogen-bond donors (Lipinski definition) is 1. The Morgan fingerprint density at radius 3 is 2.68 bits per heavy atom. The van der Waals surface area contributed by atoms with Crippen LogP contribution in [0.5, 0.6) is 0 Å². The number of hydrogen-bond acceptors (Lipinski definition) is 3. The largest absolute Gasteiger partial charge is 0.380 e. The third-order valence-electron chi connectivity index (χ3n) is 4.12. The van der Waals surface area contributed by atoms with Crippen molar-refractivity contribution in [3.63, 3.8) is 0 Å². The first-order valence-electron chi connectivity index (χ1n) is 7.95. The Bertz CT molecular complexity index is 239. The molecule has 2 atom stereocenters. The molecule has 0 saturated carbocycles. The molecule has 1 N–H and O–H groups in total. The van der Waals surface area contributed by atoms with Gasteiger partial charge in [-0.1, -0.05) is 34.1 Å². The fourth-order valence-electron chi connectivity index (χ4n) is 3.09. The van der Waals surface area contributed by atoms with E-state index in [2.05, 4.69) is 45.0 Å². The first-order chi connectivity index (χ1) is 8.97. The Hall–Kier alpha value is -0.120. The zero-order valence-corrected chi connectivity index (χ0v) is 13.7. The number of likely N-dealkylation sites (N-methyl/N-ethyl adjacent to an activating group) is 1. The van der Waals surface area contributed by atoms with Gasteiger partial charge in [0.1, 0.15) is 0 Å². The molecule has 3 nitrogen and oxygen atoms in total. The lowest BCUT2D eigenvalue weighted by molar-refractivity contribution is 0.115. The van der Waals surface area contributed by atoms with Gasteiger partial charge >= 0.3 is 0 Å². The summed E-state index contributed by atoms with van der Waals surface area (Å²) in [5.74, 6) is 0.729. The Kier molecular flexibility index (Phi) is 7.33. The standard InChI is InChI=1S/C16H34N2O/c1-6-8-16(4,12-17-10-14(2)3)13-18(5)15-7-9-19-11-15/h14-15,17H,6-13H2,1-5H3. The van der Waals surface area contributed by atoms with Crippen molar-refractivity contribution < 1.29 is 4.74 Å². The molecular formula is C16H34N2O. The van der Waals surface area contributed by atoms with E-state index in [0.717, 1.165) is 32.2 Å². The maximum atomic E-state index is 5.51. The molecule has 0 aromatic rings. The third kappa shape index (κ3) is 6.24. The van der Waals surface area contributed by atoms with Crippen molar-refractivity contribution in [1.29, 1.82) is 0 Å². The van der Waals surface area contributed by atoms with Gasteiger partial charge in [-0.25, -0.2) is 0 Å². The fraction of sp³-hybridized carbons (Fsp3) is 1.00. The SMILES string of the molecule is CCCC(C)(CNCC(C)C)CN(C)C1CCOC1. The van der Waals surface area contributed by atoms with Crippen LogP contribution in [0, 0.1) is 11.3 Å². The van der Waals surface area contributed by atoms with E-state index in [0.29, 0.717) is 11.5 Å². The molecule has 0 amide bonds. The molecule has 0 aromatic heterocycles. The molecule has 3 heteroatoms. The summed E-state index contributed by atoms with van der Waals surface area (Å²) >= 11 is 0. The monoisotopic (exact) mass is 270 g/mol. The average Bonchev–Trinajstić information content (AvgIpc) is 2.81. The molecule has 1 heterocycles. The first-order valence-corrected chi connectivity index (χ1v) is 7.95. The summed E-state index contributed by atoms with van der Waals surface area (Å²) in [6.07, 6.45) is 3.74. The number of nitrogens with zero attached hydrogens (tertiary/aromatic N) is 1. The Morgan fingerprint density at radius 2 is 2.16 bits per heavy atom. The molecule has 1 aliphatic heterocycles. The van der Waals surface area contributed by atoms with Crippen LogP contribution in [0.3, 0.4) is 0 Å². The number of nitrogens with one attached hydrogen (secondary N) is 1. The Morgan fingerprint density at radius 1 is 1.42 bits per heavy atom. The summed E-state index contributed by atoms with van der Waals surface area (Å²) in [4.78, 5) is 2.51. The quantitative estimate of drug-likeness (QED) is 0.697. The van der Waals surface area contributed by atoms with Gasteiger partial charge in [0.15, 0.2) is 0 Å². The van der Waals surface area contributed by atoms with E-state index in [4.69, 9.17) is 4.74 Å². The second-order valence-corrected chi connectivity index (χ2v) is 7.02. The van der Waals surface area contributed by atoms with Crippen molar-refractivity contribution >= 4 is 0 Å². The minimum absolute atomic E-state index is 0.376. The highest BCUT2D eigenvalue weighted by molar-refractivity contribution is 4.83. The third-order valence-corrected chi connectivity index (χ3v) is 4.12. The molecule has 1 saturated heterocycles. The van der Waals surface area contributed by atoms with Crippen LogP contribution in [-0.4, -0.2) is 50.8 Å². The minimum Gasteiger partial charge on any atom is -0.380 e. The van der Waals surface area contributed by atoms with Crippen LogP contribution in [-0.2, 0) is 4.74 Å². The molecule has 1 fully saturated rings. The molecule has 2 unspecified atom stereocenters. The maximum absolute atomic E-state index is 5.51. The normalized spacial score (nSPS) is 23.2. The molecule has 0 bridgehead atoms. The van der Waals surface area contributed by atoms with Crippen molar-refractivity contribution in [1.82, 2.24) is 10.2 Å². The van der Waals surface area contributed by atoms with Crippen LogP contribution in [0.1, 0.15) is 47.0 Å². The summed E-state index contributed by atoms with van der Waals surface area (Å²) in [5.41, 5.74) is 0.376. The van der Waals surface area contributed by atoms with Gasteiger partial charge in [0.2, 0.25) is 0 Å². The Balaban J connectivity index is 2.43. The van der Waals surface area contributed by atoms with Crippen LogP contribution in [0.2, 0.25) is 0 Å². The summed E-state index contributed by atoms with van der Waals surface area (Å²) < 4.78 is 5.51. The summed E-state index contributed by atoms with van der Waals surface area (Å²) in [6.45, 7) is 14.5. The Labute approximate surface area is 120 Å². The minimum atomic E-state index is 0.376. The predicted molar refractivity (Wildman–Crippen MR) is 82.6 cm³/mol. The fourth-order valence-corrected chi connectivity index (χ4v) is 3.09. The zero-order chi connectivity index (χ0) is 14.3. The summed E-state index contributed by atoms with van der Waals surface area (Å²) in [7, 11) is 2.26. The van der Waals surface area contributed by atoms with Crippen LogP contribution in [0.25, 0.3) is 0 Å². The highest BCUT2D eigenvalue weighted by atomic mass is 16.5. The van der Waals surface area contributed by atoms with Gasteiger partial charge in [0.25, 0.3) is 0 Å². The van der Waals surface area contributed by atoms with Gasteiger partial charge in [-0.05, 0) is 37.8 Å². The number of ether oxygens (including phenoxy) is 1. The predicted octanol–water partition coefficient (Wildman–Crippen LogP) is 2.76. The zero-order valence-electron chi connectivity index (χ0n) is 13.7. The van der Waals surface area contributed by atoms with Crippen molar-refractivity contribution in [2.75, 3.05) is 39.9 Å². The van der Waals surface area contributed by atoms with Gasteiger partial charge in [-0.2, -0.15) is 0 Å². The van der Waals surface area contributed by atoms with Crippen LogP contribution in [0.15, 0.2) is 0 Å².